The molecule has 0 spiro atoms. The van der Waals surface area contributed by atoms with E-state index < -0.39 is 0 Å². The fourth-order valence-electron chi connectivity index (χ4n) is 3.32. The molecular formula is C20H31ClN4O2. The van der Waals surface area contributed by atoms with E-state index in [9.17, 15) is 0 Å². The summed E-state index contributed by atoms with van der Waals surface area (Å²) in [7, 11) is 6.33. The van der Waals surface area contributed by atoms with Crippen molar-refractivity contribution in [2.24, 2.45) is 0 Å². The third-order valence-corrected chi connectivity index (χ3v) is 4.95. The number of aromatic nitrogens is 2. The Morgan fingerprint density at radius 2 is 1.78 bits per heavy atom. The first-order chi connectivity index (χ1) is 12.6. The zero-order valence-corrected chi connectivity index (χ0v) is 17.4. The van der Waals surface area contributed by atoms with E-state index in [2.05, 4.69) is 65.3 Å². The molecule has 0 radical (unpaired) electrons. The van der Waals surface area contributed by atoms with Crippen LogP contribution in [0.1, 0.15) is 30.7 Å². The topological polar surface area (TPSA) is 54.6 Å². The Labute approximate surface area is 168 Å². The predicted octanol–water partition coefficient (Wildman–Crippen LogP) is 3.26. The lowest BCUT2D eigenvalue weighted by molar-refractivity contribution is 0.0376. The number of halogens is 1. The summed E-state index contributed by atoms with van der Waals surface area (Å²) in [5.74, 6) is 1.34. The van der Waals surface area contributed by atoms with Gasteiger partial charge >= 0.3 is 0 Å². The van der Waals surface area contributed by atoms with E-state index in [1.165, 1.54) is 5.56 Å². The van der Waals surface area contributed by atoms with Crippen LogP contribution in [0.25, 0.3) is 11.4 Å². The van der Waals surface area contributed by atoms with Gasteiger partial charge in [0.05, 0.1) is 6.54 Å². The molecule has 0 aliphatic carbocycles. The van der Waals surface area contributed by atoms with Crippen LogP contribution in [0.2, 0.25) is 0 Å². The SMILES string of the molecule is CN(C)CCCc1ccc(-c2noc(CN(C)C3CCOCC3)n2)cc1.Cl. The second-order valence-corrected chi connectivity index (χ2v) is 7.37. The van der Waals surface area contributed by atoms with Crippen LogP contribution in [0.4, 0.5) is 0 Å². The van der Waals surface area contributed by atoms with Crippen LogP contribution in [-0.2, 0) is 17.7 Å². The lowest BCUT2D eigenvalue weighted by atomic mass is 10.1. The largest absolute Gasteiger partial charge is 0.381 e. The molecule has 1 saturated heterocycles. The van der Waals surface area contributed by atoms with E-state index in [0.29, 0.717) is 24.3 Å². The Balaban J connectivity index is 0.00000261. The molecule has 1 aliphatic rings. The monoisotopic (exact) mass is 394 g/mol. The molecule has 7 heteroatoms. The fraction of sp³-hybridized carbons (Fsp3) is 0.600. The molecule has 0 bridgehead atoms. The molecule has 6 nitrogen and oxygen atoms in total. The highest BCUT2D eigenvalue weighted by Crippen LogP contribution is 2.19. The van der Waals surface area contributed by atoms with Gasteiger partial charge in [-0.25, -0.2) is 0 Å². The van der Waals surface area contributed by atoms with Gasteiger partial charge < -0.3 is 14.2 Å². The van der Waals surface area contributed by atoms with Crippen LogP contribution in [0.5, 0.6) is 0 Å². The van der Waals surface area contributed by atoms with E-state index >= 15 is 0 Å². The number of aryl methyl sites for hydroxylation is 1. The second-order valence-electron chi connectivity index (χ2n) is 7.37. The third-order valence-electron chi connectivity index (χ3n) is 4.95. The molecule has 0 atom stereocenters. The van der Waals surface area contributed by atoms with Gasteiger partial charge in [0.2, 0.25) is 11.7 Å². The highest BCUT2D eigenvalue weighted by Gasteiger charge is 2.20. The summed E-state index contributed by atoms with van der Waals surface area (Å²) in [4.78, 5) is 9.07. The molecule has 150 valence electrons. The minimum atomic E-state index is 0. The van der Waals surface area contributed by atoms with Gasteiger partial charge in [0, 0.05) is 24.8 Å². The van der Waals surface area contributed by atoms with Crippen molar-refractivity contribution in [1.29, 1.82) is 0 Å². The van der Waals surface area contributed by atoms with E-state index in [0.717, 1.165) is 51.0 Å². The second kappa shape index (κ2) is 10.8. The van der Waals surface area contributed by atoms with E-state index in [4.69, 9.17) is 9.26 Å². The number of rotatable bonds is 8. The average Bonchev–Trinajstić information content (AvgIpc) is 3.11. The number of hydrogen-bond acceptors (Lipinski definition) is 6. The molecule has 1 aromatic carbocycles. The summed E-state index contributed by atoms with van der Waals surface area (Å²) < 4.78 is 10.9. The molecule has 1 fully saturated rings. The van der Waals surface area contributed by atoms with Crippen LogP contribution in [0.3, 0.4) is 0 Å². The average molecular weight is 395 g/mol. The zero-order valence-electron chi connectivity index (χ0n) is 16.6. The number of benzene rings is 1. The minimum Gasteiger partial charge on any atom is -0.381 e. The van der Waals surface area contributed by atoms with E-state index in [-0.39, 0.29) is 12.4 Å². The Morgan fingerprint density at radius 1 is 1.07 bits per heavy atom. The van der Waals surface area contributed by atoms with Gasteiger partial charge in [-0.2, -0.15) is 4.98 Å². The molecule has 0 unspecified atom stereocenters. The van der Waals surface area contributed by atoms with Gasteiger partial charge in [-0.3, -0.25) is 4.90 Å². The van der Waals surface area contributed by atoms with Crippen molar-refractivity contribution in [3.05, 3.63) is 35.7 Å². The molecule has 2 aromatic rings. The molecule has 0 saturated carbocycles. The van der Waals surface area contributed by atoms with Crippen LogP contribution in [-0.4, -0.2) is 66.9 Å². The van der Waals surface area contributed by atoms with Gasteiger partial charge in [0.1, 0.15) is 0 Å². The first-order valence-electron chi connectivity index (χ1n) is 9.46. The molecular weight excluding hydrogens is 364 g/mol. The molecule has 0 N–H and O–H groups in total. The lowest BCUT2D eigenvalue weighted by Gasteiger charge is -2.29. The first-order valence-corrected chi connectivity index (χ1v) is 9.46. The van der Waals surface area contributed by atoms with Crippen LogP contribution >= 0.6 is 12.4 Å². The summed E-state index contributed by atoms with van der Waals surface area (Å²) in [5, 5.41) is 4.16. The van der Waals surface area contributed by atoms with Crippen molar-refractivity contribution >= 4 is 12.4 Å². The van der Waals surface area contributed by atoms with Crippen molar-refractivity contribution in [2.45, 2.75) is 38.3 Å². The van der Waals surface area contributed by atoms with Gasteiger partial charge in [0.25, 0.3) is 0 Å². The Bertz CT molecular complexity index is 669. The summed E-state index contributed by atoms with van der Waals surface area (Å²) in [5.41, 5.74) is 2.35. The van der Waals surface area contributed by atoms with Gasteiger partial charge in [-0.15, -0.1) is 12.4 Å². The maximum absolute atomic E-state index is 5.46. The first kappa shape index (κ1) is 21.8. The van der Waals surface area contributed by atoms with E-state index in [1.807, 2.05) is 0 Å². The van der Waals surface area contributed by atoms with Gasteiger partial charge in [-0.1, -0.05) is 29.4 Å². The molecule has 0 amide bonds. The van der Waals surface area contributed by atoms with Crippen LogP contribution < -0.4 is 0 Å². The normalized spacial score (nSPS) is 15.3. The molecule has 27 heavy (non-hydrogen) atoms. The number of ether oxygens (including phenoxy) is 1. The lowest BCUT2D eigenvalue weighted by Crippen LogP contribution is -2.36. The molecule has 1 aromatic heterocycles. The summed E-state index contributed by atoms with van der Waals surface area (Å²) in [6.07, 6.45) is 4.38. The quantitative estimate of drug-likeness (QED) is 0.685. The third kappa shape index (κ3) is 6.57. The maximum Gasteiger partial charge on any atom is 0.241 e. The highest BCUT2D eigenvalue weighted by atomic mass is 35.5. The molecule has 1 aliphatic heterocycles. The van der Waals surface area contributed by atoms with Crippen LogP contribution in [0.15, 0.2) is 28.8 Å². The van der Waals surface area contributed by atoms with Crippen molar-refractivity contribution in [2.75, 3.05) is 40.9 Å². The molecule has 3 rings (SSSR count). The smallest absolute Gasteiger partial charge is 0.241 e. The van der Waals surface area contributed by atoms with Crippen molar-refractivity contribution < 1.29 is 9.26 Å². The summed E-state index contributed by atoms with van der Waals surface area (Å²) in [6.45, 7) is 3.47. The Kier molecular flexibility index (Phi) is 8.70. The van der Waals surface area contributed by atoms with Crippen LogP contribution in [0, 0.1) is 0 Å². The van der Waals surface area contributed by atoms with Gasteiger partial charge in [-0.05, 0) is 58.9 Å². The van der Waals surface area contributed by atoms with Gasteiger partial charge in [0.15, 0.2) is 0 Å². The standard InChI is InChI=1S/C20H30N4O2.ClH/c1-23(2)12-4-5-16-6-8-17(9-7-16)20-21-19(26-22-20)15-24(3)18-10-13-25-14-11-18;/h6-9,18H,4-5,10-15H2,1-3H3;1H. The van der Waals surface area contributed by atoms with Crippen molar-refractivity contribution in [3.63, 3.8) is 0 Å². The Hall–Kier alpha value is -1.47. The summed E-state index contributed by atoms with van der Waals surface area (Å²) >= 11 is 0. The van der Waals surface area contributed by atoms with Crippen molar-refractivity contribution in [3.8, 4) is 11.4 Å². The minimum absolute atomic E-state index is 0. The van der Waals surface area contributed by atoms with E-state index in [1.54, 1.807) is 0 Å². The molecule has 2 heterocycles. The predicted molar refractivity (Wildman–Crippen MR) is 109 cm³/mol. The Morgan fingerprint density at radius 3 is 2.44 bits per heavy atom. The maximum atomic E-state index is 5.46. The van der Waals surface area contributed by atoms with Crippen molar-refractivity contribution in [1.82, 2.24) is 19.9 Å². The number of nitrogens with zero attached hydrogens (tertiary/aromatic N) is 4. The summed E-state index contributed by atoms with van der Waals surface area (Å²) in [6, 6.07) is 9.02. The number of hydrogen-bond donors (Lipinski definition) is 0. The zero-order chi connectivity index (χ0) is 18.4. The highest BCUT2D eigenvalue weighted by molar-refractivity contribution is 5.85. The fourth-order valence-corrected chi connectivity index (χ4v) is 3.32.